The lowest BCUT2D eigenvalue weighted by molar-refractivity contribution is 0.0802. The maximum absolute atomic E-state index is 12.1. The Labute approximate surface area is 130 Å². The topological polar surface area (TPSA) is 29.5 Å². The van der Waals surface area contributed by atoms with Crippen molar-refractivity contribution in [3.63, 3.8) is 0 Å². The molecular weight excluding hydrogens is 286 g/mol. The standard InChI is InChI=1S/C17H18ClNO2/c1-3-19(2)17(20)13-8-6-9-15(11-13)21-12-14-7-4-5-10-16(14)18/h4-11H,3,12H2,1-2H3. The third kappa shape index (κ3) is 3.99. The van der Waals surface area contributed by atoms with Gasteiger partial charge in [0.15, 0.2) is 0 Å². The molecule has 0 aliphatic rings. The molecule has 0 unspecified atom stereocenters. The smallest absolute Gasteiger partial charge is 0.253 e. The first-order chi connectivity index (χ1) is 10.1. The highest BCUT2D eigenvalue weighted by Gasteiger charge is 2.10. The molecule has 110 valence electrons. The van der Waals surface area contributed by atoms with E-state index in [-0.39, 0.29) is 5.91 Å². The first-order valence-corrected chi connectivity index (χ1v) is 7.21. The van der Waals surface area contributed by atoms with Crippen molar-refractivity contribution in [3.05, 3.63) is 64.7 Å². The molecule has 3 nitrogen and oxygen atoms in total. The van der Waals surface area contributed by atoms with Crippen LogP contribution in [0.15, 0.2) is 48.5 Å². The first kappa shape index (κ1) is 15.4. The van der Waals surface area contributed by atoms with Crippen molar-refractivity contribution in [2.75, 3.05) is 13.6 Å². The second kappa shape index (κ2) is 7.14. The molecule has 0 spiro atoms. The maximum Gasteiger partial charge on any atom is 0.253 e. The molecule has 0 fully saturated rings. The quantitative estimate of drug-likeness (QED) is 0.835. The van der Waals surface area contributed by atoms with E-state index in [4.69, 9.17) is 16.3 Å². The number of benzene rings is 2. The number of amides is 1. The predicted molar refractivity (Wildman–Crippen MR) is 84.9 cm³/mol. The van der Waals surface area contributed by atoms with Crippen LogP contribution in [0.1, 0.15) is 22.8 Å². The fourth-order valence-electron chi connectivity index (χ4n) is 1.86. The van der Waals surface area contributed by atoms with Gasteiger partial charge in [0.05, 0.1) is 0 Å². The average molecular weight is 304 g/mol. The molecule has 0 bridgehead atoms. The zero-order valence-corrected chi connectivity index (χ0v) is 12.9. The molecule has 4 heteroatoms. The van der Waals surface area contributed by atoms with Gasteiger partial charge < -0.3 is 9.64 Å². The number of halogens is 1. The van der Waals surface area contributed by atoms with Gasteiger partial charge in [0.25, 0.3) is 5.91 Å². The van der Waals surface area contributed by atoms with E-state index in [1.807, 2.05) is 43.3 Å². The Hall–Kier alpha value is -2.00. The summed E-state index contributed by atoms with van der Waals surface area (Å²) in [5, 5.41) is 0.676. The largest absolute Gasteiger partial charge is 0.489 e. The number of rotatable bonds is 5. The van der Waals surface area contributed by atoms with Gasteiger partial charge in [-0.05, 0) is 31.2 Å². The number of hydrogen-bond acceptors (Lipinski definition) is 2. The summed E-state index contributed by atoms with van der Waals surface area (Å²) in [4.78, 5) is 13.8. The number of nitrogens with zero attached hydrogens (tertiary/aromatic N) is 1. The Balaban J connectivity index is 2.08. The summed E-state index contributed by atoms with van der Waals surface area (Å²) in [5.74, 6) is 0.644. The molecule has 0 atom stereocenters. The van der Waals surface area contributed by atoms with Gasteiger partial charge in [-0.1, -0.05) is 35.9 Å². The summed E-state index contributed by atoms with van der Waals surface area (Å²) in [6.45, 7) is 2.99. The molecule has 0 radical (unpaired) electrons. The van der Waals surface area contributed by atoms with Gasteiger partial charge in [-0.25, -0.2) is 0 Å². The van der Waals surface area contributed by atoms with E-state index >= 15 is 0 Å². The Morgan fingerprint density at radius 1 is 1.19 bits per heavy atom. The maximum atomic E-state index is 12.1. The Morgan fingerprint density at radius 3 is 2.67 bits per heavy atom. The SMILES string of the molecule is CCN(C)C(=O)c1cccc(OCc2ccccc2Cl)c1. The van der Waals surface area contributed by atoms with E-state index in [2.05, 4.69) is 0 Å². The van der Waals surface area contributed by atoms with Gasteiger partial charge in [0, 0.05) is 29.7 Å². The van der Waals surface area contributed by atoms with E-state index < -0.39 is 0 Å². The number of carbonyl (C=O) groups excluding carboxylic acids is 1. The van der Waals surface area contributed by atoms with Crippen LogP contribution >= 0.6 is 11.6 Å². The lowest BCUT2D eigenvalue weighted by Crippen LogP contribution is -2.26. The van der Waals surface area contributed by atoms with Gasteiger partial charge in [0.1, 0.15) is 12.4 Å². The lowest BCUT2D eigenvalue weighted by Gasteiger charge is -2.15. The van der Waals surface area contributed by atoms with Crippen molar-refractivity contribution in [3.8, 4) is 5.75 Å². The lowest BCUT2D eigenvalue weighted by atomic mass is 10.2. The van der Waals surface area contributed by atoms with Crippen LogP contribution in [0.25, 0.3) is 0 Å². The summed E-state index contributed by atoms with van der Waals surface area (Å²) >= 11 is 6.09. The summed E-state index contributed by atoms with van der Waals surface area (Å²) in [6, 6.07) is 14.7. The average Bonchev–Trinajstić information content (AvgIpc) is 2.53. The van der Waals surface area contributed by atoms with Crippen LogP contribution in [0, 0.1) is 0 Å². The van der Waals surface area contributed by atoms with Crippen LogP contribution < -0.4 is 4.74 Å². The van der Waals surface area contributed by atoms with Crippen molar-refractivity contribution >= 4 is 17.5 Å². The van der Waals surface area contributed by atoms with Gasteiger partial charge in [0.2, 0.25) is 0 Å². The molecule has 2 aromatic rings. The number of ether oxygens (including phenoxy) is 1. The molecule has 0 aliphatic heterocycles. The molecular formula is C17H18ClNO2. The fourth-order valence-corrected chi connectivity index (χ4v) is 2.05. The van der Waals surface area contributed by atoms with E-state index in [1.165, 1.54) is 0 Å². The van der Waals surface area contributed by atoms with E-state index in [0.717, 1.165) is 5.56 Å². The van der Waals surface area contributed by atoms with Crippen molar-refractivity contribution in [1.29, 1.82) is 0 Å². The summed E-state index contributed by atoms with van der Waals surface area (Å²) in [5.41, 5.74) is 1.54. The van der Waals surface area contributed by atoms with Crippen molar-refractivity contribution in [2.24, 2.45) is 0 Å². The molecule has 2 aromatic carbocycles. The van der Waals surface area contributed by atoms with Crippen LogP contribution in [-0.4, -0.2) is 24.4 Å². The van der Waals surface area contributed by atoms with E-state index in [0.29, 0.717) is 29.5 Å². The Bertz CT molecular complexity index is 628. The second-order valence-corrected chi connectivity index (χ2v) is 5.13. The molecule has 0 aromatic heterocycles. The molecule has 1 amide bonds. The normalized spacial score (nSPS) is 10.2. The number of carbonyl (C=O) groups is 1. The van der Waals surface area contributed by atoms with E-state index in [1.54, 1.807) is 24.1 Å². The van der Waals surface area contributed by atoms with Gasteiger partial charge >= 0.3 is 0 Å². The third-order valence-corrected chi connectivity index (χ3v) is 3.62. The van der Waals surface area contributed by atoms with Crippen LogP contribution in [-0.2, 0) is 6.61 Å². The minimum atomic E-state index is -0.0132. The van der Waals surface area contributed by atoms with Crippen molar-refractivity contribution < 1.29 is 9.53 Å². The molecule has 21 heavy (non-hydrogen) atoms. The highest BCUT2D eigenvalue weighted by Crippen LogP contribution is 2.19. The number of hydrogen-bond donors (Lipinski definition) is 0. The monoisotopic (exact) mass is 303 g/mol. The van der Waals surface area contributed by atoms with Crippen LogP contribution in [0.2, 0.25) is 5.02 Å². The summed E-state index contributed by atoms with van der Waals surface area (Å²) in [6.07, 6.45) is 0. The zero-order valence-electron chi connectivity index (χ0n) is 12.2. The van der Waals surface area contributed by atoms with Crippen LogP contribution in [0.4, 0.5) is 0 Å². The molecule has 0 saturated carbocycles. The highest BCUT2D eigenvalue weighted by atomic mass is 35.5. The van der Waals surface area contributed by atoms with Crippen molar-refractivity contribution in [2.45, 2.75) is 13.5 Å². The predicted octanol–water partition coefficient (Wildman–Crippen LogP) is 4.01. The van der Waals surface area contributed by atoms with E-state index in [9.17, 15) is 4.79 Å². The van der Waals surface area contributed by atoms with Crippen LogP contribution in [0.5, 0.6) is 5.75 Å². The fraction of sp³-hybridized carbons (Fsp3) is 0.235. The molecule has 0 aliphatic carbocycles. The third-order valence-electron chi connectivity index (χ3n) is 3.25. The van der Waals surface area contributed by atoms with Gasteiger partial charge in [-0.15, -0.1) is 0 Å². The van der Waals surface area contributed by atoms with Crippen molar-refractivity contribution in [1.82, 2.24) is 4.90 Å². The van der Waals surface area contributed by atoms with Gasteiger partial charge in [-0.2, -0.15) is 0 Å². The molecule has 0 N–H and O–H groups in total. The molecule has 2 rings (SSSR count). The summed E-state index contributed by atoms with van der Waals surface area (Å²) in [7, 11) is 1.78. The minimum absolute atomic E-state index is 0.0132. The van der Waals surface area contributed by atoms with Gasteiger partial charge in [-0.3, -0.25) is 4.79 Å². The Morgan fingerprint density at radius 2 is 1.95 bits per heavy atom. The summed E-state index contributed by atoms with van der Waals surface area (Å²) < 4.78 is 5.72. The molecule has 0 saturated heterocycles. The zero-order chi connectivity index (χ0) is 15.2. The second-order valence-electron chi connectivity index (χ2n) is 4.73. The minimum Gasteiger partial charge on any atom is -0.489 e. The van der Waals surface area contributed by atoms with Crippen LogP contribution in [0.3, 0.4) is 0 Å². The first-order valence-electron chi connectivity index (χ1n) is 6.83. The Kier molecular flexibility index (Phi) is 5.23. The highest BCUT2D eigenvalue weighted by molar-refractivity contribution is 6.31. The molecule has 0 heterocycles.